The molecule has 0 spiro atoms. The zero-order valence-electron chi connectivity index (χ0n) is 10.3. The van der Waals surface area contributed by atoms with E-state index in [2.05, 4.69) is 10.3 Å². The topological polar surface area (TPSA) is 88.3 Å². The monoisotopic (exact) mass is 278 g/mol. The van der Waals surface area contributed by atoms with Gasteiger partial charge < -0.3 is 16.0 Å². The molecule has 0 unspecified atom stereocenters. The Kier molecular flexibility index (Phi) is 4.06. The Morgan fingerprint density at radius 2 is 2.21 bits per heavy atom. The predicted octanol–water partition coefficient (Wildman–Crippen LogP) is -0.322. The van der Waals surface area contributed by atoms with Gasteiger partial charge in [0, 0.05) is 37.8 Å². The lowest BCUT2D eigenvalue weighted by atomic mass is 10.2. The minimum absolute atomic E-state index is 0.0351. The largest absolute Gasteiger partial charge is 0.389 e. The first kappa shape index (κ1) is 13.4. The number of carbonyl (C=O) groups excluding carboxylic acids is 2. The molecule has 19 heavy (non-hydrogen) atoms. The van der Waals surface area contributed by atoms with Crippen LogP contribution in [0.1, 0.15) is 22.5 Å². The quantitative estimate of drug-likeness (QED) is 0.724. The summed E-state index contributed by atoms with van der Waals surface area (Å²) in [4.78, 5) is 29.3. The molecule has 0 bridgehead atoms. The lowest BCUT2D eigenvalue weighted by Gasteiger charge is -2.18. The van der Waals surface area contributed by atoms with Crippen molar-refractivity contribution in [3.05, 3.63) is 29.6 Å². The summed E-state index contributed by atoms with van der Waals surface area (Å²) < 4.78 is 0. The summed E-state index contributed by atoms with van der Waals surface area (Å²) in [5, 5.41) is 2.72. The second-order valence-corrected chi connectivity index (χ2v) is 4.63. The number of hydrogen-bond acceptors (Lipinski definition) is 4. The molecule has 7 heteroatoms. The number of nitrogens with zero attached hydrogens (tertiary/aromatic N) is 2. The Balaban J connectivity index is 2.10. The minimum Gasteiger partial charge on any atom is -0.389 e. The molecule has 0 radical (unpaired) electrons. The molecule has 2 heterocycles. The number of hydrogen-bond donors (Lipinski definition) is 2. The van der Waals surface area contributed by atoms with E-state index in [9.17, 15) is 9.59 Å². The molecule has 3 N–H and O–H groups in total. The van der Waals surface area contributed by atoms with Crippen LogP contribution in [0.15, 0.2) is 18.3 Å². The molecule has 0 atom stereocenters. The minimum atomic E-state index is -0.189. The predicted molar refractivity (Wildman–Crippen MR) is 73.7 cm³/mol. The molecule has 2 rings (SSSR count). The number of pyridine rings is 1. The molecule has 0 aliphatic carbocycles. The molecule has 1 aliphatic heterocycles. The van der Waals surface area contributed by atoms with Crippen molar-refractivity contribution in [3.8, 4) is 0 Å². The van der Waals surface area contributed by atoms with Crippen LogP contribution < -0.4 is 11.1 Å². The lowest BCUT2D eigenvalue weighted by Crippen LogP contribution is -2.34. The summed E-state index contributed by atoms with van der Waals surface area (Å²) in [5.41, 5.74) is 6.42. The maximum atomic E-state index is 12.2. The highest BCUT2D eigenvalue weighted by atomic mass is 32.1. The molecule has 1 aromatic heterocycles. The van der Waals surface area contributed by atoms with Gasteiger partial charge >= 0.3 is 0 Å². The van der Waals surface area contributed by atoms with E-state index in [1.807, 2.05) is 0 Å². The van der Waals surface area contributed by atoms with Gasteiger partial charge in [0.1, 0.15) is 10.7 Å². The van der Waals surface area contributed by atoms with Crippen molar-refractivity contribution in [1.82, 2.24) is 15.2 Å². The van der Waals surface area contributed by atoms with Gasteiger partial charge in [-0.15, -0.1) is 0 Å². The van der Waals surface area contributed by atoms with Crippen molar-refractivity contribution in [3.63, 3.8) is 0 Å². The van der Waals surface area contributed by atoms with Crippen molar-refractivity contribution < 1.29 is 9.59 Å². The average molecular weight is 278 g/mol. The summed E-state index contributed by atoms with van der Waals surface area (Å²) in [6, 6.07) is 3.26. The zero-order chi connectivity index (χ0) is 13.8. The summed E-state index contributed by atoms with van der Waals surface area (Å²) in [6.45, 7) is 1.36. The fraction of sp³-hybridized carbons (Fsp3) is 0.333. The van der Waals surface area contributed by atoms with Crippen LogP contribution in [-0.4, -0.2) is 46.3 Å². The Bertz CT molecular complexity index is 515. The van der Waals surface area contributed by atoms with Crippen molar-refractivity contribution in [2.24, 2.45) is 5.73 Å². The third kappa shape index (κ3) is 3.25. The first-order chi connectivity index (χ1) is 9.08. The third-order valence-corrected chi connectivity index (χ3v) is 3.10. The number of thiocarbonyl (C=S) groups is 1. The molecule has 0 saturated carbocycles. The second kappa shape index (κ2) is 5.75. The Morgan fingerprint density at radius 3 is 2.84 bits per heavy atom. The zero-order valence-corrected chi connectivity index (χ0v) is 11.1. The van der Waals surface area contributed by atoms with Gasteiger partial charge in [0.15, 0.2) is 0 Å². The van der Waals surface area contributed by atoms with Crippen LogP contribution in [0.25, 0.3) is 0 Å². The summed E-state index contributed by atoms with van der Waals surface area (Å²) in [6.07, 6.45) is 1.80. The van der Waals surface area contributed by atoms with Crippen LogP contribution in [-0.2, 0) is 4.79 Å². The highest BCUT2D eigenvalue weighted by Gasteiger charge is 2.20. The maximum Gasteiger partial charge on any atom is 0.272 e. The average Bonchev–Trinajstić information content (AvgIpc) is 2.63. The summed E-state index contributed by atoms with van der Waals surface area (Å²) >= 11 is 4.82. The molecular formula is C12H14N4O2S. The maximum absolute atomic E-state index is 12.2. The van der Waals surface area contributed by atoms with Crippen molar-refractivity contribution in [2.45, 2.75) is 6.42 Å². The molecule has 6 nitrogen and oxygen atoms in total. The van der Waals surface area contributed by atoms with Crippen LogP contribution in [0, 0.1) is 0 Å². The van der Waals surface area contributed by atoms with Gasteiger partial charge in [-0.3, -0.25) is 14.6 Å². The highest BCUT2D eigenvalue weighted by Crippen LogP contribution is 2.06. The summed E-state index contributed by atoms with van der Waals surface area (Å²) in [5.74, 6) is -0.224. The normalized spacial score (nSPS) is 15.6. The number of amides is 2. The number of nitrogens with one attached hydrogen (secondary N) is 1. The molecule has 1 aromatic rings. The van der Waals surface area contributed by atoms with E-state index in [1.54, 1.807) is 17.0 Å². The van der Waals surface area contributed by atoms with Gasteiger partial charge in [-0.2, -0.15) is 0 Å². The molecule has 2 amide bonds. The van der Waals surface area contributed by atoms with Crippen molar-refractivity contribution in [1.29, 1.82) is 0 Å². The number of aromatic nitrogens is 1. The van der Waals surface area contributed by atoms with E-state index < -0.39 is 0 Å². The number of rotatable bonds is 2. The van der Waals surface area contributed by atoms with Crippen molar-refractivity contribution in [2.75, 3.05) is 19.6 Å². The molecule has 0 aromatic carbocycles. The third-order valence-electron chi connectivity index (χ3n) is 2.87. The molecule has 1 saturated heterocycles. The van der Waals surface area contributed by atoms with Gasteiger partial charge in [-0.25, -0.2) is 0 Å². The number of nitrogens with two attached hydrogens (primary N) is 1. The van der Waals surface area contributed by atoms with Gasteiger partial charge in [0.25, 0.3) is 5.91 Å². The first-order valence-corrected chi connectivity index (χ1v) is 6.30. The van der Waals surface area contributed by atoms with Gasteiger partial charge in [-0.05, 0) is 12.1 Å². The van der Waals surface area contributed by atoms with E-state index in [0.717, 1.165) is 0 Å². The smallest absolute Gasteiger partial charge is 0.272 e. The van der Waals surface area contributed by atoms with Crippen LogP contribution in [0.3, 0.4) is 0 Å². The van der Waals surface area contributed by atoms with E-state index >= 15 is 0 Å². The van der Waals surface area contributed by atoms with Crippen molar-refractivity contribution >= 4 is 29.0 Å². The molecule has 1 aliphatic rings. The SMILES string of the molecule is NC(=S)c1ccc(C(=O)N2CCNC(=O)CC2)nc1. The van der Waals surface area contributed by atoms with E-state index in [0.29, 0.717) is 37.3 Å². The van der Waals surface area contributed by atoms with E-state index in [1.165, 1.54) is 6.20 Å². The Hall–Kier alpha value is -2.02. The van der Waals surface area contributed by atoms with Crippen LogP contribution in [0.2, 0.25) is 0 Å². The van der Waals surface area contributed by atoms with Gasteiger partial charge in [0.05, 0.1) is 0 Å². The molecule has 1 fully saturated rings. The fourth-order valence-electron chi connectivity index (χ4n) is 1.80. The van der Waals surface area contributed by atoms with Gasteiger partial charge in [0.2, 0.25) is 5.91 Å². The Labute approximate surface area is 116 Å². The fourth-order valence-corrected chi connectivity index (χ4v) is 1.92. The van der Waals surface area contributed by atoms with E-state index in [-0.39, 0.29) is 16.8 Å². The lowest BCUT2D eigenvalue weighted by molar-refractivity contribution is -0.120. The van der Waals surface area contributed by atoms with Crippen LogP contribution in [0.4, 0.5) is 0 Å². The van der Waals surface area contributed by atoms with E-state index in [4.69, 9.17) is 18.0 Å². The Morgan fingerprint density at radius 1 is 1.42 bits per heavy atom. The standard InChI is InChI=1S/C12H14N4O2S/c13-11(19)8-1-2-9(15-7-8)12(18)16-5-3-10(17)14-4-6-16/h1-2,7H,3-6H2,(H2,13,19)(H,14,17). The second-order valence-electron chi connectivity index (χ2n) is 4.19. The van der Waals surface area contributed by atoms with Crippen LogP contribution >= 0.6 is 12.2 Å². The first-order valence-electron chi connectivity index (χ1n) is 5.90. The van der Waals surface area contributed by atoms with Gasteiger partial charge in [-0.1, -0.05) is 12.2 Å². The highest BCUT2D eigenvalue weighted by molar-refractivity contribution is 7.80. The summed E-state index contributed by atoms with van der Waals surface area (Å²) in [7, 11) is 0. The number of carbonyl (C=O) groups is 2. The van der Waals surface area contributed by atoms with Crippen LogP contribution in [0.5, 0.6) is 0 Å². The molecule has 100 valence electrons. The molecular weight excluding hydrogens is 264 g/mol.